The third-order valence-electron chi connectivity index (χ3n) is 2.15. The fourth-order valence-corrected chi connectivity index (χ4v) is 1.23. The highest BCUT2D eigenvalue weighted by molar-refractivity contribution is 5.00. The first kappa shape index (κ1) is 9.75. The van der Waals surface area contributed by atoms with Crippen LogP contribution in [0.1, 0.15) is 33.1 Å². The minimum Gasteiger partial charge on any atom is -0.386 e. The molecule has 0 bridgehead atoms. The standard InChI is InChI=1S/C10H18O2/c1-3-4-5-6-7-9(11)10-8(2)12-10/h6-11H,3-5H2,1-2H3/b7-6+/t8-,9-,10-/m0/s1. The zero-order chi connectivity index (χ0) is 8.97. The number of unbranched alkanes of at least 4 members (excludes halogenated alkanes) is 2. The first-order chi connectivity index (χ1) is 5.75. The normalized spacial score (nSPS) is 30.9. The first-order valence-corrected chi connectivity index (χ1v) is 4.76. The van der Waals surface area contributed by atoms with Crippen LogP contribution in [0.2, 0.25) is 0 Å². The van der Waals surface area contributed by atoms with Crippen molar-refractivity contribution in [2.75, 3.05) is 0 Å². The summed E-state index contributed by atoms with van der Waals surface area (Å²) in [4.78, 5) is 0. The summed E-state index contributed by atoms with van der Waals surface area (Å²) in [6, 6.07) is 0. The summed E-state index contributed by atoms with van der Waals surface area (Å²) < 4.78 is 5.13. The van der Waals surface area contributed by atoms with Crippen molar-refractivity contribution in [3.8, 4) is 0 Å². The molecule has 2 heteroatoms. The lowest BCUT2D eigenvalue weighted by Crippen LogP contribution is -2.12. The van der Waals surface area contributed by atoms with Gasteiger partial charge in [-0.15, -0.1) is 0 Å². The van der Waals surface area contributed by atoms with E-state index < -0.39 is 6.10 Å². The summed E-state index contributed by atoms with van der Waals surface area (Å²) in [5.41, 5.74) is 0. The maximum atomic E-state index is 9.45. The lowest BCUT2D eigenvalue weighted by molar-refractivity contribution is 0.177. The van der Waals surface area contributed by atoms with Gasteiger partial charge in [0, 0.05) is 0 Å². The van der Waals surface area contributed by atoms with Gasteiger partial charge in [-0.25, -0.2) is 0 Å². The monoisotopic (exact) mass is 170 g/mol. The Bertz CT molecular complexity index is 154. The molecule has 1 saturated heterocycles. The Morgan fingerprint density at radius 1 is 1.58 bits per heavy atom. The van der Waals surface area contributed by atoms with Gasteiger partial charge < -0.3 is 9.84 Å². The SMILES string of the molecule is CCCC/C=C/[C@H](O)[C@H]1O[C@H]1C. The van der Waals surface area contributed by atoms with Crippen LogP contribution in [0.3, 0.4) is 0 Å². The fourth-order valence-electron chi connectivity index (χ4n) is 1.23. The molecule has 0 aromatic carbocycles. The summed E-state index contributed by atoms with van der Waals surface area (Å²) in [5, 5.41) is 9.45. The van der Waals surface area contributed by atoms with Crippen LogP contribution >= 0.6 is 0 Å². The molecule has 70 valence electrons. The van der Waals surface area contributed by atoms with E-state index in [1.807, 2.05) is 19.1 Å². The van der Waals surface area contributed by atoms with Crippen LogP contribution in [-0.2, 0) is 4.74 Å². The molecule has 0 unspecified atom stereocenters. The Balaban J connectivity index is 2.08. The average Bonchev–Trinajstić information content (AvgIpc) is 2.76. The first-order valence-electron chi connectivity index (χ1n) is 4.76. The van der Waals surface area contributed by atoms with Crippen molar-refractivity contribution in [1.82, 2.24) is 0 Å². The summed E-state index contributed by atoms with van der Waals surface area (Å²) in [5.74, 6) is 0. The van der Waals surface area contributed by atoms with E-state index >= 15 is 0 Å². The second-order valence-electron chi connectivity index (χ2n) is 3.37. The molecule has 0 aliphatic carbocycles. The zero-order valence-corrected chi connectivity index (χ0v) is 7.86. The lowest BCUT2D eigenvalue weighted by Gasteiger charge is -1.98. The largest absolute Gasteiger partial charge is 0.386 e. The Kier molecular flexibility index (Phi) is 3.76. The van der Waals surface area contributed by atoms with Crippen LogP contribution in [0.15, 0.2) is 12.2 Å². The van der Waals surface area contributed by atoms with Gasteiger partial charge in [0.15, 0.2) is 0 Å². The van der Waals surface area contributed by atoms with Crippen molar-refractivity contribution in [2.45, 2.75) is 51.4 Å². The second-order valence-corrected chi connectivity index (χ2v) is 3.37. The van der Waals surface area contributed by atoms with Crippen molar-refractivity contribution in [2.24, 2.45) is 0 Å². The van der Waals surface area contributed by atoms with Crippen molar-refractivity contribution < 1.29 is 9.84 Å². The molecule has 1 fully saturated rings. The van der Waals surface area contributed by atoms with Crippen LogP contribution in [0, 0.1) is 0 Å². The molecule has 3 atom stereocenters. The summed E-state index contributed by atoms with van der Waals surface area (Å²) >= 11 is 0. The minimum atomic E-state index is -0.392. The van der Waals surface area contributed by atoms with Gasteiger partial charge >= 0.3 is 0 Å². The number of hydrogen-bond donors (Lipinski definition) is 1. The van der Waals surface area contributed by atoms with Gasteiger partial charge in [0.1, 0.15) is 12.2 Å². The van der Waals surface area contributed by atoms with E-state index in [4.69, 9.17) is 4.74 Å². The topological polar surface area (TPSA) is 32.8 Å². The molecular formula is C10H18O2. The van der Waals surface area contributed by atoms with E-state index in [9.17, 15) is 5.11 Å². The smallest absolute Gasteiger partial charge is 0.113 e. The quantitative estimate of drug-likeness (QED) is 0.388. The van der Waals surface area contributed by atoms with Gasteiger partial charge in [-0.2, -0.15) is 0 Å². The predicted molar refractivity (Wildman–Crippen MR) is 49.0 cm³/mol. The maximum absolute atomic E-state index is 9.45. The molecule has 0 spiro atoms. The molecule has 1 aliphatic heterocycles. The number of hydrogen-bond acceptors (Lipinski definition) is 2. The van der Waals surface area contributed by atoms with Crippen LogP contribution in [0.4, 0.5) is 0 Å². The molecule has 12 heavy (non-hydrogen) atoms. The molecule has 1 heterocycles. The van der Waals surface area contributed by atoms with Gasteiger partial charge in [-0.3, -0.25) is 0 Å². The van der Waals surface area contributed by atoms with Crippen molar-refractivity contribution >= 4 is 0 Å². The van der Waals surface area contributed by atoms with Crippen LogP contribution in [0.25, 0.3) is 0 Å². The Morgan fingerprint density at radius 3 is 2.75 bits per heavy atom. The molecule has 0 radical (unpaired) electrons. The van der Waals surface area contributed by atoms with Gasteiger partial charge in [0.05, 0.1) is 6.10 Å². The van der Waals surface area contributed by atoms with Crippen LogP contribution in [0.5, 0.6) is 0 Å². The number of rotatable bonds is 5. The molecule has 1 rings (SSSR count). The minimum absolute atomic E-state index is 0.0582. The molecule has 1 aliphatic rings. The predicted octanol–water partition coefficient (Wildman–Crippen LogP) is 1.88. The van der Waals surface area contributed by atoms with Crippen molar-refractivity contribution in [3.05, 3.63) is 12.2 Å². The van der Waals surface area contributed by atoms with E-state index in [-0.39, 0.29) is 12.2 Å². The number of aliphatic hydroxyl groups excluding tert-OH is 1. The van der Waals surface area contributed by atoms with Gasteiger partial charge in [0.2, 0.25) is 0 Å². The summed E-state index contributed by atoms with van der Waals surface area (Å²) in [6.07, 6.45) is 7.28. The molecule has 2 nitrogen and oxygen atoms in total. The van der Waals surface area contributed by atoms with Gasteiger partial charge in [0.25, 0.3) is 0 Å². The van der Waals surface area contributed by atoms with Crippen molar-refractivity contribution in [1.29, 1.82) is 0 Å². The Morgan fingerprint density at radius 2 is 2.25 bits per heavy atom. The highest BCUT2D eigenvalue weighted by Crippen LogP contribution is 2.25. The highest BCUT2D eigenvalue weighted by atomic mass is 16.6. The summed E-state index contributed by atoms with van der Waals surface area (Å²) in [6.45, 7) is 4.14. The summed E-state index contributed by atoms with van der Waals surface area (Å²) in [7, 11) is 0. The van der Waals surface area contributed by atoms with Gasteiger partial charge in [-0.1, -0.05) is 31.9 Å². The Hall–Kier alpha value is -0.340. The zero-order valence-electron chi connectivity index (χ0n) is 7.86. The van der Waals surface area contributed by atoms with Gasteiger partial charge in [-0.05, 0) is 13.3 Å². The van der Waals surface area contributed by atoms with Crippen LogP contribution < -0.4 is 0 Å². The van der Waals surface area contributed by atoms with E-state index in [0.29, 0.717) is 0 Å². The fraction of sp³-hybridized carbons (Fsp3) is 0.800. The number of ether oxygens (including phenoxy) is 1. The molecule has 0 amide bonds. The van der Waals surface area contributed by atoms with Crippen LogP contribution in [-0.4, -0.2) is 23.4 Å². The highest BCUT2D eigenvalue weighted by Gasteiger charge is 2.39. The van der Waals surface area contributed by atoms with Crippen molar-refractivity contribution in [3.63, 3.8) is 0 Å². The third kappa shape index (κ3) is 2.95. The molecule has 0 aromatic heterocycles. The number of allylic oxidation sites excluding steroid dienone is 1. The molecule has 0 saturated carbocycles. The molecular weight excluding hydrogens is 152 g/mol. The van der Waals surface area contributed by atoms with E-state index in [1.54, 1.807) is 0 Å². The Labute approximate surface area is 74.2 Å². The number of aliphatic hydroxyl groups is 1. The second kappa shape index (κ2) is 4.63. The van der Waals surface area contributed by atoms with E-state index in [2.05, 4.69) is 6.92 Å². The van der Waals surface area contributed by atoms with E-state index in [0.717, 1.165) is 6.42 Å². The molecule has 0 aromatic rings. The van der Waals surface area contributed by atoms with E-state index in [1.165, 1.54) is 12.8 Å². The maximum Gasteiger partial charge on any atom is 0.113 e. The number of epoxide rings is 1. The average molecular weight is 170 g/mol. The molecule has 1 N–H and O–H groups in total. The third-order valence-corrected chi connectivity index (χ3v) is 2.15. The lowest BCUT2D eigenvalue weighted by atomic mass is 10.1.